The minimum absolute atomic E-state index is 0.111. The van der Waals surface area contributed by atoms with Crippen LogP contribution in [0.25, 0.3) is 0 Å². The van der Waals surface area contributed by atoms with Gasteiger partial charge in [-0.3, -0.25) is 4.79 Å². The molecule has 1 amide bonds. The van der Waals surface area contributed by atoms with Crippen molar-refractivity contribution in [1.82, 2.24) is 9.69 Å². The number of nitrogens with zero attached hydrogens (tertiary/aromatic N) is 1. The first-order valence-corrected chi connectivity index (χ1v) is 11.2. The number of carbonyl (C=O) groups is 2. The summed E-state index contributed by atoms with van der Waals surface area (Å²) in [4.78, 5) is 24.2. The second-order valence-corrected chi connectivity index (χ2v) is 9.65. The Morgan fingerprint density at radius 2 is 2.07 bits per heavy atom. The molecule has 0 radical (unpaired) electrons. The van der Waals surface area contributed by atoms with Gasteiger partial charge in [0.2, 0.25) is 5.88 Å². The van der Waals surface area contributed by atoms with Gasteiger partial charge >= 0.3 is 5.97 Å². The molecular weight excluding hydrogens is 428 g/mol. The fourth-order valence-corrected chi connectivity index (χ4v) is 4.29. The average Bonchev–Trinajstić information content (AvgIpc) is 3.34. The molecular formula is C17H17ClN2O6S2. The maximum atomic E-state index is 12.2. The summed E-state index contributed by atoms with van der Waals surface area (Å²) in [6.07, 6.45) is 2.91. The fourth-order valence-electron chi connectivity index (χ4n) is 2.35. The highest BCUT2D eigenvalue weighted by atomic mass is 35.5. The van der Waals surface area contributed by atoms with Gasteiger partial charge in [-0.15, -0.1) is 0 Å². The SMILES string of the molecule is COC(=O)c1c(OCc2cc(C(=O)NC3CC3)ccc2Cl)nsc1S(C)(=O)=O. The molecule has 0 atom stereocenters. The minimum atomic E-state index is -3.69. The lowest BCUT2D eigenvalue weighted by molar-refractivity contribution is 0.0591. The molecule has 0 saturated heterocycles. The minimum Gasteiger partial charge on any atom is -0.471 e. The Kier molecular flexibility index (Phi) is 5.92. The van der Waals surface area contributed by atoms with Gasteiger partial charge in [-0.25, -0.2) is 13.2 Å². The van der Waals surface area contributed by atoms with E-state index in [-0.39, 0.29) is 34.2 Å². The molecule has 0 unspecified atom stereocenters. The summed E-state index contributed by atoms with van der Waals surface area (Å²) in [5.74, 6) is -1.24. The number of esters is 1. The van der Waals surface area contributed by atoms with Gasteiger partial charge in [0.05, 0.1) is 7.11 Å². The quantitative estimate of drug-likeness (QED) is 0.653. The summed E-state index contributed by atoms with van der Waals surface area (Å²) in [5, 5.41) is 3.24. The lowest BCUT2D eigenvalue weighted by Crippen LogP contribution is -2.25. The molecule has 11 heteroatoms. The predicted molar refractivity (Wildman–Crippen MR) is 103 cm³/mol. The molecule has 1 N–H and O–H groups in total. The van der Waals surface area contributed by atoms with Crippen molar-refractivity contribution in [2.75, 3.05) is 13.4 Å². The number of nitrogens with one attached hydrogen (secondary N) is 1. The van der Waals surface area contributed by atoms with E-state index >= 15 is 0 Å². The molecule has 1 heterocycles. The summed E-state index contributed by atoms with van der Waals surface area (Å²) in [6.45, 7) is -0.111. The zero-order valence-corrected chi connectivity index (χ0v) is 17.4. The maximum absolute atomic E-state index is 12.2. The number of benzene rings is 1. The van der Waals surface area contributed by atoms with E-state index in [0.717, 1.165) is 26.2 Å². The topological polar surface area (TPSA) is 112 Å². The molecule has 1 aliphatic carbocycles. The molecule has 3 rings (SSSR count). The van der Waals surface area contributed by atoms with Crippen molar-refractivity contribution < 1.29 is 27.5 Å². The van der Waals surface area contributed by atoms with Crippen LogP contribution in [-0.4, -0.2) is 44.1 Å². The van der Waals surface area contributed by atoms with Crippen molar-refractivity contribution in [3.63, 3.8) is 0 Å². The standard InChI is InChI=1S/C17H17ClN2O6S2/c1-25-16(22)13-15(20-27-17(13)28(2,23)24)26-8-10-7-9(3-6-12(10)18)14(21)19-11-4-5-11/h3,6-7,11H,4-5,8H2,1-2H3,(H,19,21). The number of amides is 1. The van der Waals surface area contributed by atoms with Gasteiger partial charge < -0.3 is 14.8 Å². The number of carbonyl (C=O) groups excluding carboxylic acids is 2. The van der Waals surface area contributed by atoms with Crippen molar-refractivity contribution in [2.45, 2.75) is 29.7 Å². The summed E-state index contributed by atoms with van der Waals surface area (Å²) in [5.41, 5.74) is 0.668. The van der Waals surface area contributed by atoms with Crippen LogP contribution in [0, 0.1) is 0 Å². The van der Waals surface area contributed by atoms with E-state index in [0.29, 0.717) is 27.7 Å². The number of methoxy groups -OCH3 is 1. The average molecular weight is 445 g/mol. The third kappa shape index (κ3) is 4.62. The number of aromatic nitrogens is 1. The van der Waals surface area contributed by atoms with Gasteiger partial charge in [-0.2, -0.15) is 4.37 Å². The van der Waals surface area contributed by atoms with E-state index in [1.165, 1.54) is 0 Å². The largest absolute Gasteiger partial charge is 0.471 e. The van der Waals surface area contributed by atoms with Crippen LogP contribution in [0.4, 0.5) is 0 Å². The van der Waals surface area contributed by atoms with Crippen molar-refractivity contribution in [3.8, 4) is 5.88 Å². The molecule has 0 bridgehead atoms. The summed E-state index contributed by atoms with van der Waals surface area (Å²) < 4.78 is 37.6. The molecule has 2 aromatic rings. The van der Waals surface area contributed by atoms with Crippen molar-refractivity contribution in [1.29, 1.82) is 0 Å². The Hall–Kier alpha value is -2.17. The highest BCUT2D eigenvalue weighted by Gasteiger charge is 2.29. The molecule has 8 nitrogen and oxygen atoms in total. The zero-order chi connectivity index (χ0) is 20.5. The van der Waals surface area contributed by atoms with Crippen LogP contribution in [-0.2, 0) is 21.2 Å². The Morgan fingerprint density at radius 3 is 2.68 bits per heavy atom. The lowest BCUT2D eigenvalue weighted by atomic mass is 10.1. The van der Waals surface area contributed by atoms with E-state index in [1.54, 1.807) is 18.2 Å². The molecule has 0 aliphatic heterocycles. The summed E-state index contributed by atoms with van der Waals surface area (Å²) in [7, 11) is -2.55. The van der Waals surface area contributed by atoms with Gasteiger partial charge in [-0.05, 0) is 42.6 Å². The molecule has 1 aromatic carbocycles. The third-order valence-electron chi connectivity index (χ3n) is 3.94. The monoisotopic (exact) mass is 444 g/mol. The van der Waals surface area contributed by atoms with Crippen LogP contribution in [0.1, 0.15) is 39.1 Å². The highest BCUT2D eigenvalue weighted by Crippen LogP contribution is 2.31. The Bertz CT molecular complexity index is 1030. The number of halogens is 1. The Balaban J connectivity index is 1.83. The molecule has 1 aromatic heterocycles. The second kappa shape index (κ2) is 8.06. The van der Waals surface area contributed by atoms with Crippen LogP contribution in [0.15, 0.2) is 22.4 Å². The van der Waals surface area contributed by atoms with Gasteiger partial charge in [0, 0.05) is 28.4 Å². The van der Waals surface area contributed by atoms with Gasteiger partial charge in [-0.1, -0.05) is 11.6 Å². The zero-order valence-electron chi connectivity index (χ0n) is 15.0. The van der Waals surface area contributed by atoms with Gasteiger partial charge in [0.15, 0.2) is 19.6 Å². The number of rotatable bonds is 7. The van der Waals surface area contributed by atoms with Crippen LogP contribution >= 0.6 is 23.1 Å². The van der Waals surface area contributed by atoms with Crippen LogP contribution in [0.5, 0.6) is 5.88 Å². The van der Waals surface area contributed by atoms with Crippen molar-refractivity contribution in [3.05, 3.63) is 39.9 Å². The summed E-state index contributed by atoms with van der Waals surface area (Å²) >= 11 is 6.80. The van der Waals surface area contributed by atoms with E-state index in [9.17, 15) is 18.0 Å². The van der Waals surface area contributed by atoms with Gasteiger partial charge in [0.1, 0.15) is 6.61 Å². The molecule has 1 fully saturated rings. The van der Waals surface area contributed by atoms with E-state index in [2.05, 4.69) is 14.4 Å². The van der Waals surface area contributed by atoms with Crippen LogP contribution in [0.3, 0.4) is 0 Å². The predicted octanol–water partition coefficient (Wildman–Crippen LogP) is 2.46. The van der Waals surface area contributed by atoms with Gasteiger partial charge in [0.25, 0.3) is 5.91 Å². The Morgan fingerprint density at radius 1 is 1.36 bits per heavy atom. The smallest absolute Gasteiger partial charge is 0.345 e. The first-order valence-electron chi connectivity index (χ1n) is 8.21. The van der Waals surface area contributed by atoms with Crippen LogP contribution in [0.2, 0.25) is 5.02 Å². The number of sulfone groups is 1. The van der Waals surface area contributed by atoms with E-state index < -0.39 is 15.8 Å². The molecule has 1 aliphatic rings. The second-order valence-electron chi connectivity index (χ2n) is 6.26. The first-order chi connectivity index (χ1) is 13.2. The fraction of sp³-hybridized carbons (Fsp3) is 0.353. The summed E-state index contributed by atoms with van der Waals surface area (Å²) in [6, 6.07) is 4.98. The third-order valence-corrected chi connectivity index (χ3v) is 6.95. The van der Waals surface area contributed by atoms with Crippen molar-refractivity contribution in [2.24, 2.45) is 0 Å². The molecule has 1 saturated carbocycles. The highest BCUT2D eigenvalue weighted by molar-refractivity contribution is 7.92. The van der Waals surface area contributed by atoms with Crippen molar-refractivity contribution >= 4 is 44.8 Å². The molecule has 0 spiro atoms. The number of hydrogen-bond donors (Lipinski definition) is 1. The first kappa shape index (κ1) is 20.6. The lowest BCUT2D eigenvalue weighted by Gasteiger charge is -2.10. The Labute approximate surface area is 170 Å². The van der Waals surface area contributed by atoms with Crippen LogP contribution < -0.4 is 10.1 Å². The van der Waals surface area contributed by atoms with E-state index in [4.69, 9.17) is 16.3 Å². The number of hydrogen-bond acceptors (Lipinski definition) is 8. The molecule has 28 heavy (non-hydrogen) atoms. The molecule has 150 valence electrons. The normalized spacial score (nSPS) is 13.8. The van der Waals surface area contributed by atoms with E-state index in [1.807, 2.05) is 0 Å². The number of ether oxygens (including phenoxy) is 2. The maximum Gasteiger partial charge on any atom is 0.345 e.